The Morgan fingerprint density at radius 3 is 2.95 bits per heavy atom. The summed E-state index contributed by atoms with van der Waals surface area (Å²) in [6, 6.07) is -0.785. The molecule has 3 heterocycles. The highest BCUT2D eigenvalue weighted by atomic mass is 32.2. The van der Waals surface area contributed by atoms with Crippen LogP contribution in [0.15, 0.2) is 5.16 Å². The Morgan fingerprint density at radius 1 is 1.65 bits per heavy atom. The molecule has 8 nitrogen and oxygen atoms in total. The first-order valence-electron chi connectivity index (χ1n) is 5.99. The zero-order chi connectivity index (χ0) is 14.5. The fourth-order valence-corrected chi connectivity index (χ4v) is 5.41. The van der Waals surface area contributed by atoms with E-state index in [2.05, 4.69) is 15.5 Å². The van der Waals surface area contributed by atoms with Gasteiger partial charge in [0, 0.05) is 12.8 Å². The number of nitrogens with zero attached hydrogens (tertiary/aromatic N) is 5. The van der Waals surface area contributed by atoms with Crippen LogP contribution in [0.5, 0.6) is 0 Å². The first kappa shape index (κ1) is 13.7. The maximum Gasteiger partial charge on any atom is 0.327 e. The summed E-state index contributed by atoms with van der Waals surface area (Å²) in [6.07, 6.45) is 0.431. The van der Waals surface area contributed by atoms with Crippen LogP contribution < -0.4 is 0 Å². The van der Waals surface area contributed by atoms with Gasteiger partial charge in [-0.05, 0) is 17.4 Å². The number of aliphatic carboxylic acids is 1. The van der Waals surface area contributed by atoms with Crippen LogP contribution in [-0.2, 0) is 16.6 Å². The minimum atomic E-state index is -0.952. The van der Waals surface area contributed by atoms with Gasteiger partial charge in [-0.15, -0.1) is 16.9 Å². The molecule has 2 aliphatic rings. The van der Waals surface area contributed by atoms with Crippen LogP contribution in [0, 0.1) is 0 Å². The van der Waals surface area contributed by atoms with Crippen molar-refractivity contribution in [1.82, 2.24) is 25.1 Å². The third kappa shape index (κ3) is 1.97. The van der Waals surface area contributed by atoms with Gasteiger partial charge >= 0.3 is 5.97 Å². The summed E-state index contributed by atoms with van der Waals surface area (Å²) < 4.78 is 1.00. The van der Waals surface area contributed by atoms with Crippen molar-refractivity contribution >= 4 is 35.4 Å². The topological polar surface area (TPSA) is 101 Å². The molecule has 0 saturated carbocycles. The van der Waals surface area contributed by atoms with Gasteiger partial charge in [-0.1, -0.05) is 11.8 Å². The molecule has 1 aromatic rings. The summed E-state index contributed by atoms with van der Waals surface area (Å²) in [5.74, 6) is -0.500. The Morgan fingerprint density at radius 2 is 2.40 bits per heavy atom. The van der Waals surface area contributed by atoms with Crippen LogP contribution in [-0.4, -0.2) is 64.0 Å². The Labute approximate surface area is 123 Å². The lowest BCUT2D eigenvalue weighted by atomic mass is 9.98. The molecule has 2 fully saturated rings. The minimum Gasteiger partial charge on any atom is -0.480 e. The van der Waals surface area contributed by atoms with E-state index in [1.54, 1.807) is 23.5 Å². The predicted molar refractivity (Wildman–Crippen MR) is 72.2 cm³/mol. The van der Waals surface area contributed by atoms with Gasteiger partial charge in [-0.25, -0.2) is 9.48 Å². The molecule has 0 aromatic carbocycles. The smallest absolute Gasteiger partial charge is 0.327 e. The van der Waals surface area contributed by atoms with E-state index in [-0.39, 0.29) is 11.3 Å². The SMILES string of the molecule is Cn1nnnc1SC[C@]1(C)S[C@@H]2CC(=O)N2[C@H]1C(=O)O. The number of aromatic nitrogens is 4. The Bertz CT molecular complexity index is 579. The number of carbonyl (C=O) groups is 2. The van der Waals surface area contributed by atoms with Crippen LogP contribution in [0.2, 0.25) is 0 Å². The second-order valence-electron chi connectivity index (χ2n) is 5.00. The van der Waals surface area contributed by atoms with E-state index in [0.29, 0.717) is 17.3 Å². The van der Waals surface area contributed by atoms with Crippen molar-refractivity contribution in [2.45, 2.75) is 34.7 Å². The van der Waals surface area contributed by atoms with Crippen molar-refractivity contribution < 1.29 is 14.7 Å². The number of hydrogen-bond acceptors (Lipinski definition) is 7. The summed E-state index contributed by atoms with van der Waals surface area (Å²) in [5, 5.41) is 21.2. The number of fused-ring (bicyclic) bond motifs is 1. The Balaban J connectivity index is 1.78. The van der Waals surface area contributed by atoms with Gasteiger partial charge in [-0.2, -0.15) is 0 Å². The lowest BCUT2D eigenvalue weighted by molar-refractivity contribution is -0.157. The van der Waals surface area contributed by atoms with Gasteiger partial charge in [0.2, 0.25) is 11.1 Å². The number of rotatable bonds is 4. The number of thioether (sulfide) groups is 2. The fraction of sp³-hybridized carbons (Fsp3) is 0.700. The summed E-state index contributed by atoms with van der Waals surface area (Å²) in [4.78, 5) is 24.6. The van der Waals surface area contributed by atoms with Gasteiger partial charge in [0.05, 0.1) is 16.5 Å². The summed E-state index contributed by atoms with van der Waals surface area (Å²) in [6.45, 7) is 1.89. The largest absolute Gasteiger partial charge is 0.480 e. The number of hydrogen-bond donors (Lipinski definition) is 1. The normalized spacial score (nSPS) is 32.1. The van der Waals surface area contributed by atoms with Crippen molar-refractivity contribution in [3.05, 3.63) is 0 Å². The molecular formula is C10H13N5O3S2. The van der Waals surface area contributed by atoms with Crippen molar-refractivity contribution in [2.75, 3.05) is 5.75 Å². The van der Waals surface area contributed by atoms with Crippen LogP contribution in [0.4, 0.5) is 0 Å². The molecule has 3 atom stereocenters. The third-order valence-corrected chi connectivity index (χ3v) is 6.62. The molecule has 0 spiro atoms. The van der Waals surface area contributed by atoms with E-state index in [4.69, 9.17) is 0 Å². The van der Waals surface area contributed by atoms with Crippen molar-refractivity contribution in [1.29, 1.82) is 0 Å². The number of β-lactam (4-membered cyclic amide) rings is 1. The monoisotopic (exact) mass is 315 g/mol. The zero-order valence-corrected chi connectivity index (χ0v) is 12.5. The lowest BCUT2D eigenvalue weighted by Gasteiger charge is -2.36. The minimum absolute atomic E-state index is 0.00757. The highest BCUT2D eigenvalue weighted by Gasteiger charge is 2.60. The van der Waals surface area contributed by atoms with Crippen molar-refractivity contribution in [3.8, 4) is 0 Å². The van der Waals surface area contributed by atoms with Crippen molar-refractivity contribution in [2.24, 2.45) is 7.05 Å². The van der Waals surface area contributed by atoms with Gasteiger partial charge in [-0.3, -0.25) is 4.79 Å². The summed E-state index contributed by atoms with van der Waals surface area (Å²) in [5.41, 5.74) is 0. The number of carboxylic acids is 1. The molecule has 10 heteroatoms. The molecule has 0 bridgehead atoms. The van der Waals surface area contributed by atoms with Crippen molar-refractivity contribution in [3.63, 3.8) is 0 Å². The van der Waals surface area contributed by atoms with Gasteiger partial charge in [0.1, 0.15) is 6.04 Å². The van der Waals surface area contributed by atoms with Crippen LogP contribution >= 0.6 is 23.5 Å². The number of carboxylic acid groups (broad SMARTS) is 1. The van der Waals surface area contributed by atoms with Gasteiger partial charge < -0.3 is 10.0 Å². The molecule has 1 N–H and O–H groups in total. The molecule has 0 radical (unpaired) electrons. The molecule has 2 saturated heterocycles. The number of amides is 1. The third-order valence-electron chi connectivity index (χ3n) is 3.51. The average molecular weight is 315 g/mol. The first-order valence-corrected chi connectivity index (χ1v) is 7.86. The highest BCUT2D eigenvalue weighted by molar-refractivity contribution is 8.04. The number of tetrazole rings is 1. The van der Waals surface area contributed by atoms with Gasteiger partial charge in [0.15, 0.2) is 0 Å². The van der Waals surface area contributed by atoms with E-state index < -0.39 is 16.8 Å². The molecule has 3 rings (SSSR count). The molecular weight excluding hydrogens is 302 g/mol. The highest BCUT2D eigenvalue weighted by Crippen LogP contribution is 2.52. The molecule has 0 unspecified atom stereocenters. The van der Waals surface area contributed by atoms with E-state index in [9.17, 15) is 14.7 Å². The molecule has 1 aromatic heterocycles. The molecule has 2 aliphatic heterocycles. The molecule has 20 heavy (non-hydrogen) atoms. The fourth-order valence-electron chi connectivity index (χ4n) is 2.52. The second-order valence-corrected chi connectivity index (χ2v) is 7.66. The van der Waals surface area contributed by atoms with E-state index in [1.165, 1.54) is 16.7 Å². The zero-order valence-electron chi connectivity index (χ0n) is 10.9. The number of aryl methyl sites for hydroxylation is 1. The lowest BCUT2D eigenvalue weighted by Crippen LogP contribution is -2.57. The molecule has 0 aliphatic carbocycles. The Hall–Kier alpha value is -1.29. The molecule has 108 valence electrons. The number of carbonyl (C=O) groups excluding carboxylic acids is 1. The second kappa shape index (κ2) is 4.62. The van der Waals surface area contributed by atoms with E-state index in [0.717, 1.165) is 0 Å². The maximum atomic E-state index is 11.6. The van der Waals surface area contributed by atoms with Crippen LogP contribution in [0.1, 0.15) is 13.3 Å². The quantitative estimate of drug-likeness (QED) is 0.603. The summed E-state index contributed by atoms with van der Waals surface area (Å²) in [7, 11) is 1.73. The maximum absolute atomic E-state index is 11.6. The van der Waals surface area contributed by atoms with Gasteiger partial charge in [0.25, 0.3) is 0 Å². The van der Waals surface area contributed by atoms with Crippen LogP contribution in [0.25, 0.3) is 0 Å². The Kier molecular flexibility index (Phi) is 3.16. The van der Waals surface area contributed by atoms with E-state index in [1.807, 2.05) is 6.92 Å². The first-order chi connectivity index (χ1) is 9.42. The standard InChI is InChI=1S/C10H13N5O3S2/c1-10(4-19-9-11-12-13-14(9)2)7(8(17)18)15-5(16)3-6(15)20-10/h6-7H,3-4H2,1-2H3,(H,17,18)/t6-,7+,10+/m1/s1. The van der Waals surface area contributed by atoms with E-state index >= 15 is 0 Å². The molecule has 1 amide bonds. The predicted octanol–water partition coefficient (Wildman–Crippen LogP) is -0.181. The average Bonchev–Trinajstić information content (AvgIpc) is 2.87. The summed E-state index contributed by atoms with van der Waals surface area (Å²) >= 11 is 2.96. The van der Waals surface area contributed by atoms with Crippen LogP contribution in [0.3, 0.4) is 0 Å².